The van der Waals surface area contributed by atoms with E-state index in [4.69, 9.17) is 0 Å². The maximum absolute atomic E-state index is 13.3. The third-order valence-corrected chi connectivity index (χ3v) is 4.11. The molecule has 0 unspecified atom stereocenters. The number of halogens is 1. The van der Waals surface area contributed by atoms with Crippen molar-refractivity contribution in [3.05, 3.63) is 29.6 Å². The summed E-state index contributed by atoms with van der Waals surface area (Å²) >= 11 is 0. The Hall–Kier alpha value is -1.09. The first-order chi connectivity index (χ1) is 7.70. The van der Waals surface area contributed by atoms with Crippen LogP contribution in [0.2, 0.25) is 0 Å². The second-order valence-electron chi connectivity index (χ2n) is 5.13. The molecule has 1 spiro atoms. The average molecular weight is 220 g/mol. The summed E-state index contributed by atoms with van der Waals surface area (Å²) in [6.45, 7) is 3.19. The van der Waals surface area contributed by atoms with Gasteiger partial charge in [-0.1, -0.05) is 0 Å². The van der Waals surface area contributed by atoms with Gasteiger partial charge in [-0.25, -0.2) is 4.39 Å². The lowest BCUT2D eigenvalue weighted by atomic mass is 9.74. The van der Waals surface area contributed by atoms with Crippen LogP contribution in [-0.2, 0) is 5.41 Å². The predicted octanol–water partition coefficient (Wildman–Crippen LogP) is 2.21. The minimum absolute atomic E-state index is 0.110. The number of piperidine rings is 1. The fourth-order valence-electron chi connectivity index (χ4n) is 2.96. The fraction of sp³-hybridized carbons (Fsp3) is 0.538. The van der Waals surface area contributed by atoms with Crippen molar-refractivity contribution in [1.82, 2.24) is 4.90 Å². The molecule has 3 heteroatoms. The number of benzene rings is 1. The quantitative estimate of drug-likeness (QED) is 0.721. The number of nitrogens with one attached hydrogen (secondary N) is 1. The normalized spacial score (nSPS) is 23.1. The third kappa shape index (κ3) is 1.42. The van der Waals surface area contributed by atoms with E-state index in [-0.39, 0.29) is 11.2 Å². The van der Waals surface area contributed by atoms with Crippen molar-refractivity contribution < 1.29 is 4.39 Å². The van der Waals surface area contributed by atoms with E-state index >= 15 is 0 Å². The number of nitrogens with zero attached hydrogens (tertiary/aromatic N) is 1. The van der Waals surface area contributed by atoms with Crippen LogP contribution in [0.5, 0.6) is 0 Å². The molecule has 0 aliphatic carbocycles. The third-order valence-electron chi connectivity index (χ3n) is 4.11. The molecule has 2 aliphatic heterocycles. The van der Waals surface area contributed by atoms with E-state index in [2.05, 4.69) is 17.3 Å². The van der Waals surface area contributed by atoms with Gasteiger partial charge in [0.15, 0.2) is 0 Å². The molecule has 16 heavy (non-hydrogen) atoms. The Balaban J connectivity index is 1.98. The molecule has 0 atom stereocenters. The van der Waals surface area contributed by atoms with Crippen molar-refractivity contribution in [2.24, 2.45) is 0 Å². The average Bonchev–Trinajstić information content (AvgIpc) is 2.62. The van der Waals surface area contributed by atoms with Gasteiger partial charge in [-0.15, -0.1) is 0 Å². The Morgan fingerprint density at radius 2 is 2.06 bits per heavy atom. The smallest absolute Gasteiger partial charge is 0.123 e. The van der Waals surface area contributed by atoms with E-state index in [0.717, 1.165) is 38.2 Å². The molecule has 1 saturated heterocycles. The van der Waals surface area contributed by atoms with Crippen LogP contribution in [0.25, 0.3) is 0 Å². The highest BCUT2D eigenvalue weighted by Crippen LogP contribution is 2.43. The zero-order valence-corrected chi connectivity index (χ0v) is 9.59. The van der Waals surface area contributed by atoms with Crippen molar-refractivity contribution in [3.8, 4) is 0 Å². The molecule has 0 bridgehead atoms. The van der Waals surface area contributed by atoms with E-state index < -0.39 is 0 Å². The van der Waals surface area contributed by atoms with Crippen LogP contribution in [0.3, 0.4) is 0 Å². The SMILES string of the molecule is CN1CCC2(CC1)CNc1ccc(F)cc12. The van der Waals surface area contributed by atoms with Gasteiger partial charge in [-0.2, -0.15) is 0 Å². The number of likely N-dealkylation sites (tertiary alicyclic amines) is 1. The fourth-order valence-corrected chi connectivity index (χ4v) is 2.96. The van der Waals surface area contributed by atoms with Crippen LogP contribution in [0.15, 0.2) is 18.2 Å². The summed E-state index contributed by atoms with van der Waals surface area (Å²) in [7, 11) is 2.15. The zero-order chi connectivity index (χ0) is 11.2. The first-order valence-corrected chi connectivity index (χ1v) is 5.92. The highest BCUT2D eigenvalue weighted by atomic mass is 19.1. The van der Waals surface area contributed by atoms with Gasteiger partial charge in [0.1, 0.15) is 5.82 Å². The summed E-state index contributed by atoms with van der Waals surface area (Å²) in [6, 6.07) is 5.14. The minimum Gasteiger partial charge on any atom is -0.384 e. The van der Waals surface area contributed by atoms with E-state index in [1.807, 2.05) is 6.07 Å². The number of rotatable bonds is 0. The summed E-state index contributed by atoms with van der Waals surface area (Å²) < 4.78 is 13.3. The van der Waals surface area contributed by atoms with Gasteiger partial charge in [-0.05, 0) is 56.7 Å². The van der Waals surface area contributed by atoms with E-state index in [0.29, 0.717) is 0 Å². The van der Waals surface area contributed by atoms with E-state index in [1.165, 1.54) is 5.56 Å². The summed E-state index contributed by atoms with van der Waals surface area (Å²) in [5.41, 5.74) is 2.51. The summed E-state index contributed by atoms with van der Waals surface area (Å²) in [4.78, 5) is 2.35. The molecule has 0 aromatic heterocycles. The Bertz CT molecular complexity index is 408. The van der Waals surface area contributed by atoms with Crippen molar-refractivity contribution in [3.63, 3.8) is 0 Å². The van der Waals surface area contributed by atoms with Crippen molar-refractivity contribution >= 4 is 5.69 Å². The maximum atomic E-state index is 13.3. The summed E-state index contributed by atoms with van der Waals surface area (Å²) in [5, 5.41) is 3.42. The van der Waals surface area contributed by atoms with Crippen LogP contribution in [0, 0.1) is 5.82 Å². The van der Waals surface area contributed by atoms with E-state index in [9.17, 15) is 4.39 Å². The van der Waals surface area contributed by atoms with Gasteiger partial charge in [0.25, 0.3) is 0 Å². The topological polar surface area (TPSA) is 15.3 Å². The molecule has 1 fully saturated rings. The standard InChI is InChI=1S/C13H17FN2/c1-16-6-4-13(5-7-16)9-15-12-3-2-10(14)8-11(12)13/h2-3,8,15H,4-7,9H2,1H3. The highest BCUT2D eigenvalue weighted by Gasteiger charge is 2.40. The van der Waals surface area contributed by atoms with Gasteiger partial charge in [-0.3, -0.25) is 0 Å². The van der Waals surface area contributed by atoms with Crippen LogP contribution in [0.4, 0.5) is 10.1 Å². The second kappa shape index (κ2) is 3.45. The minimum atomic E-state index is -0.110. The number of hydrogen-bond donors (Lipinski definition) is 1. The van der Waals surface area contributed by atoms with Crippen molar-refractivity contribution in [2.75, 3.05) is 32.0 Å². The first kappa shape index (κ1) is 10.1. The summed E-state index contributed by atoms with van der Waals surface area (Å²) in [6.07, 6.45) is 2.26. The molecule has 2 heterocycles. The molecule has 1 aromatic carbocycles. The monoisotopic (exact) mass is 220 g/mol. The molecule has 0 radical (unpaired) electrons. The van der Waals surface area contributed by atoms with Gasteiger partial charge in [0, 0.05) is 17.6 Å². The van der Waals surface area contributed by atoms with Crippen LogP contribution in [0.1, 0.15) is 18.4 Å². The largest absolute Gasteiger partial charge is 0.384 e. The van der Waals surface area contributed by atoms with Gasteiger partial charge in [0.2, 0.25) is 0 Å². The first-order valence-electron chi connectivity index (χ1n) is 5.92. The number of fused-ring (bicyclic) bond motifs is 2. The second-order valence-corrected chi connectivity index (χ2v) is 5.13. The Morgan fingerprint density at radius 3 is 2.81 bits per heavy atom. The lowest BCUT2D eigenvalue weighted by Gasteiger charge is -2.37. The molecular weight excluding hydrogens is 203 g/mol. The van der Waals surface area contributed by atoms with Crippen LogP contribution in [-0.4, -0.2) is 31.6 Å². The van der Waals surface area contributed by atoms with E-state index in [1.54, 1.807) is 12.1 Å². The molecule has 1 aromatic rings. The number of hydrogen-bond acceptors (Lipinski definition) is 2. The molecule has 0 saturated carbocycles. The highest BCUT2D eigenvalue weighted by molar-refractivity contribution is 5.60. The van der Waals surface area contributed by atoms with Crippen LogP contribution < -0.4 is 5.32 Å². The predicted molar refractivity (Wildman–Crippen MR) is 63.3 cm³/mol. The van der Waals surface area contributed by atoms with Gasteiger partial charge < -0.3 is 10.2 Å². The van der Waals surface area contributed by atoms with Crippen molar-refractivity contribution in [2.45, 2.75) is 18.3 Å². The molecule has 1 N–H and O–H groups in total. The van der Waals surface area contributed by atoms with Crippen molar-refractivity contribution in [1.29, 1.82) is 0 Å². The molecule has 2 nitrogen and oxygen atoms in total. The molecule has 3 rings (SSSR count). The molecule has 86 valence electrons. The molecule has 0 amide bonds. The maximum Gasteiger partial charge on any atom is 0.123 e. The zero-order valence-electron chi connectivity index (χ0n) is 9.59. The lowest BCUT2D eigenvalue weighted by molar-refractivity contribution is 0.200. The lowest BCUT2D eigenvalue weighted by Crippen LogP contribution is -2.42. The molecular formula is C13H17FN2. The van der Waals surface area contributed by atoms with Crippen LogP contribution >= 0.6 is 0 Å². The Kier molecular flexibility index (Phi) is 2.18. The Labute approximate surface area is 95.4 Å². The van der Waals surface area contributed by atoms with Gasteiger partial charge >= 0.3 is 0 Å². The van der Waals surface area contributed by atoms with Gasteiger partial charge in [0.05, 0.1) is 0 Å². The Morgan fingerprint density at radius 1 is 1.31 bits per heavy atom. The number of anilines is 1. The summed E-state index contributed by atoms with van der Waals surface area (Å²) in [5.74, 6) is -0.110. The molecule has 2 aliphatic rings.